The minimum Gasteiger partial charge on any atom is -0.439 e. The van der Waals surface area contributed by atoms with Crippen LogP contribution in [0, 0.1) is 0 Å². The smallest absolute Gasteiger partial charge is 0.300 e. The second-order valence-electron chi connectivity index (χ2n) is 6.84. The van der Waals surface area contributed by atoms with Crippen molar-refractivity contribution in [2.75, 3.05) is 20.6 Å². The van der Waals surface area contributed by atoms with Crippen molar-refractivity contribution in [1.82, 2.24) is 4.90 Å². The Morgan fingerprint density at radius 2 is 1.29 bits per heavy atom. The van der Waals surface area contributed by atoms with Gasteiger partial charge in [0.1, 0.15) is 0 Å². The van der Waals surface area contributed by atoms with Gasteiger partial charge in [0.05, 0.1) is 0 Å². The fourth-order valence-corrected chi connectivity index (χ4v) is 9.90. The zero-order valence-electron chi connectivity index (χ0n) is 13.0. The normalized spacial score (nSPS) is 13.8. The van der Waals surface area contributed by atoms with Gasteiger partial charge in [0, 0.05) is 0 Å². The third kappa shape index (κ3) is 12.8. The molecule has 0 fully saturated rings. The quantitative estimate of drug-likeness (QED) is 0.642. The summed E-state index contributed by atoms with van der Waals surface area (Å²) in [5.74, 6) is 0. The molecule has 0 aliphatic rings. The minimum absolute atomic E-state index is 1.13. The summed E-state index contributed by atoms with van der Waals surface area (Å²) in [6, 6.07) is 1.15. The molecule has 0 saturated heterocycles. The predicted molar refractivity (Wildman–Crippen MR) is 84.0 cm³/mol. The van der Waals surface area contributed by atoms with E-state index in [2.05, 4.69) is 58.3 Å². The lowest BCUT2D eigenvalue weighted by molar-refractivity contribution is 0.384. The van der Waals surface area contributed by atoms with Crippen LogP contribution in [0.5, 0.6) is 0 Å². The maximum absolute atomic E-state index is 6.27. The Hall–Kier alpha value is 0.531. The van der Waals surface area contributed by atoms with E-state index in [4.69, 9.17) is 8.23 Å². The Bertz CT molecular complexity index is 196. The van der Waals surface area contributed by atoms with Crippen LogP contribution in [-0.4, -0.2) is 51.5 Å². The molecule has 0 aromatic rings. The van der Waals surface area contributed by atoms with Gasteiger partial charge in [0.25, 0.3) is 0 Å². The van der Waals surface area contributed by atoms with E-state index in [-0.39, 0.29) is 0 Å². The molecule has 0 amide bonds. The van der Waals surface area contributed by atoms with Crippen LogP contribution in [0.15, 0.2) is 0 Å². The minimum atomic E-state index is -1.45. The Morgan fingerprint density at radius 3 is 1.59 bits per heavy atom. The van der Waals surface area contributed by atoms with Crippen molar-refractivity contribution in [3.05, 3.63) is 0 Å². The lowest BCUT2D eigenvalue weighted by Crippen LogP contribution is -2.43. The number of rotatable bonds is 8. The summed E-state index contributed by atoms with van der Waals surface area (Å²) in [7, 11) is -0.109. The highest BCUT2D eigenvalue weighted by Gasteiger charge is 2.28. The molecule has 0 aliphatic heterocycles. The monoisotopic (exact) mass is 293 g/mol. The summed E-state index contributed by atoms with van der Waals surface area (Å²) < 4.78 is 12.5. The van der Waals surface area contributed by atoms with Gasteiger partial charge in [-0.3, -0.25) is 0 Å². The molecule has 0 unspecified atom stereocenters. The molecule has 17 heavy (non-hydrogen) atoms. The zero-order valence-corrected chi connectivity index (χ0v) is 16.1. The van der Waals surface area contributed by atoms with Gasteiger partial charge >= 0.3 is 9.28 Å². The van der Waals surface area contributed by atoms with Gasteiger partial charge in [-0.05, 0) is 72.4 Å². The van der Waals surface area contributed by atoms with Crippen LogP contribution in [0.1, 0.15) is 6.42 Å². The second-order valence-corrected chi connectivity index (χ2v) is 18.6. The molecule has 0 radical (unpaired) electrons. The first-order valence-electron chi connectivity index (χ1n) is 6.50. The molecular weight excluding hydrogens is 262 g/mol. The Kier molecular flexibility index (Phi) is 7.43. The van der Waals surface area contributed by atoms with Crippen molar-refractivity contribution in [3.63, 3.8) is 0 Å². The molecular formula is C11H31NO2Si3. The number of hydrogen-bond acceptors (Lipinski definition) is 3. The maximum atomic E-state index is 6.27. The molecule has 0 bridgehead atoms. The van der Waals surface area contributed by atoms with E-state index in [0.29, 0.717) is 0 Å². The van der Waals surface area contributed by atoms with Crippen molar-refractivity contribution < 1.29 is 8.23 Å². The SMILES string of the molecule is CN(C)CCC[SiH](O[Si](C)(C)C)O[Si](C)(C)C. The van der Waals surface area contributed by atoms with E-state index >= 15 is 0 Å². The summed E-state index contributed by atoms with van der Waals surface area (Å²) >= 11 is 0. The van der Waals surface area contributed by atoms with Gasteiger partial charge < -0.3 is 13.1 Å². The first-order chi connectivity index (χ1) is 7.49. The third-order valence-corrected chi connectivity index (χ3v) is 10.7. The van der Waals surface area contributed by atoms with Crippen LogP contribution < -0.4 is 0 Å². The number of hydrogen-bond donors (Lipinski definition) is 0. The molecule has 0 heterocycles. The first kappa shape index (κ1) is 17.5. The van der Waals surface area contributed by atoms with Gasteiger partial charge in [0.15, 0.2) is 16.6 Å². The molecule has 0 spiro atoms. The Morgan fingerprint density at radius 1 is 0.882 bits per heavy atom. The fraction of sp³-hybridized carbons (Fsp3) is 1.00. The van der Waals surface area contributed by atoms with Crippen molar-refractivity contribution >= 4 is 25.9 Å². The largest absolute Gasteiger partial charge is 0.439 e. The maximum Gasteiger partial charge on any atom is 0.300 e. The van der Waals surface area contributed by atoms with Gasteiger partial charge in [-0.1, -0.05) is 0 Å². The van der Waals surface area contributed by atoms with Crippen LogP contribution in [0.25, 0.3) is 0 Å². The molecule has 0 aliphatic carbocycles. The molecule has 3 nitrogen and oxygen atoms in total. The lowest BCUT2D eigenvalue weighted by Gasteiger charge is -2.30. The van der Waals surface area contributed by atoms with E-state index in [1.807, 2.05) is 0 Å². The topological polar surface area (TPSA) is 21.7 Å². The van der Waals surface area contributed by atoms with Gasteiger partial charge in [-0.25, -0.2) is 0 Å². The Balaban J connectivity index is 4.21. The molecule has 0 aromatic heterocycles. The highest BCUT2D eigenvalue weighted by molar-refractivity contribution is 6.81. The van der Waals surface area contributed by atoms with E-state index in [0.717, 1.165) is 12.6 Å². The second kappa shape index (κ2) is 7.20. The van der Waals surface area contributed by atoms with Crippen molar-refractivity contribution in [1.29, 1.82) is 0 Å². The average molecular weight is 294 g/mol. The molecule has 104 valence electrons. The van der Waals surface area contributed by atoms with Crippen LogP contribution in [0.3, 0.4) is 0 Å². The van der Waals surface area contributed by atoms with Gasteiger partial charge in [-0.2, -0.15) is 0 Å². The third-order valence-electron chi connectivity index (χ3n) is 2.02. The molecule has 0 N–H and O–H groups in total. The predicted octanol–water partition coefficient (Wildman–Crippen LogP) is 2.86. The lowest BCUT2D eigenvalue weighted by atomic mass is 10.5. The van der Waals surface area contributed by atoms with Crippen LogP contribution in [-0.2, 0) is 8.23 Å². The van der Waals surface area contributed by atoms with E-state index < -0.39 is 25.9 Å². The molecule has 0 saturated carbocycles. The van der Waals surface area contributed by atoms with Crippen molar-refractivity contribution in [2.45, 2.75) is 51.7 Å². The highest BCUT2D eigenvalue weighted by atomic mass is 28.4. The highest BCUT2D eigenvalue weighted by Crippen LogP contribution is 2.15. The average Bonchev–Trinajstić information content (AvgIpc) is 1.95. The molecule has 0 rings (SSSR count). The zero-order chi connectivity index (χ0) is 13.7. The molecule has 0 atom stereocenters. The molecule has 0 aromatic carbocycles. The summed E-state index contributed by atoms with van der Waals surface area (Å²) in [4.78, 5) is 2.23. The van der Waals surface area contributed by atoms with Crippen LogP contribution in [0.2, 0.25) is 45.3 Å². The fourth-order valence-electron chi connectivity index (χ4n) is 1.50. The van der Waals surface area contributed by atoms with Gasteiger partial charge in [-0.15, -0.1) is 0 Å². The summed E-state index contributed by atoms with van der Waals surface area (Å²) in [6.07, 6.45) is 1.19. The van der Waals surface area contributed by atoms with Crippen molar-refractivity contribution in [3.8, 4) is 0 Å². The van der Waals surface area contributed by atoms with Crippen molar-refractivity contribution in [2.24, 2.45) is 0 Å². The summed E-state index contributed by atoms with van der Waals surface area (Å²) in [5.41, 5.74) is 0. The van der Waals surface area contributed by atoms with E-state index in [1.165, 1.54) is 6.42 Å². The van der Waals surface area contributed by atoms with E-state index in [1.54, 1.807) is 0 Å². The standard InChI is InChI=1S/C11H31NO2Si3/c1-12(2)10-9-11-15(13-16(3,4)5)14-17(6,7)8/h15H,9-11H2,1-8H3. The van der Waals surface area contributed by atoms with Gasteiger partial charge in [0.2, 0.25) is 0 Å². The summed E-state index contributed by atoms with van der Waals surface area (Å²) in [5, 5.41) is 0. The first-order valence-corrected chi connectivity index (χ1v) is 15.1. The Labute approximate surface area is 112 Å². The van der Waals surface area contributed by atoms with Crippen LogP contribution >= 0.6 is 0 Å². The summed E-state index contributed by atoms with van der Waals surface area (Å²) in [6.45, 7) is 14.7. The number of nitrogens with zero attached hydrogens (tertiary/aromatic N) is 1. The molecule has 6 heteroatoms. The van der Waals surface area contributed by atoms with E-state index in [9.17, 15) is 0 Å². The van der Waals surface area contributed by atoms with Crippen LogP contribution in [0.4, 0.5) is 0 Å².